The summed E-state index contributed by atoms with van der Waals surface area (Å²) in [5, 5.41) is 12.1. The van der Waals surface area contributed by atoms with Crippen molar-refractivity contribution < 1.29 is 4.79 Å². The number of rotatable bonds is 8. The minimum Gasteiger partial charge on any atom is -0.325 e. The third-order valence-corrected chi connectivity index (χ3v) is 4.91. The van der Waals surface area contributed by atoms with Crippen molar-refractivity contribution in [2.24, 2.45) is 0 Å². The van der Waals surface area contributed by atoms with E-state index >= 15 is 0 Å². The topological polar surface area (TPSA) is 72.7 Å². The average molecular weight is 379 g/mol. The molecule has 138 valence electrons. The summed E-state index contributed by atoms with van der Waals surface area (Å²) in [5.41, 5.74) is 2.96. The van der Waals surface area contributed by atoms with Crippen LogP contribution in [0.5, 0.6) is 0 Å². The van der Waals surface area contributed by atoms with Crippen molar-refractivity contribution in [2.75, 3.05) is 11.1 Å². The molecule has 0 unspecified atom stereocenters. The lowest BCUT2D eigenvalue weighted by molar-refractivity contribution is -0.113. The van der Waals surface area contributed by atoms with Crippen LogP contribution in [-0.4, -0.2) is 31.4 Å². The minimum atomic E-state index is -0.0807. The summed E-state index contributed by atoms with van der Waals surface area (Å²) in [7, 11) is 0. The summed E-state index contributed by atoms with van der Waals surface area (Å²) in [4.78, 5) is 16.3. The number of pyridine rings is 1. The van der Waals surface area contributed by atoms with Crippen LogP contribution in [0, 0.1) is 0 Å². The van der Waals surface area contributed by atoms with Crippen molar-refractivity contribution in [3.63, 3.8) is 0 Å². The van der Waals surface area contributed by atoms with Gasteiger partial charge in [0.15, 0.2) is 11.0 Å². The molecule has 3 aromatic rings. The van der Waals surface area contributed by atoms with E-state index in [-0.39, 0.29) is 11.7 Å². The second-order valence-electron chi connectivity index (χ2n) is 5.83. The molecule has 0 spiro atoms. The highest BCUT2D eigenvalue weighted by molar-refractivity contribution is 7.99. The third kappa shape index (κ3) is 4.83. The molecule has 0 saturated heterocycles. The number of nitrogens with zero attached hydrogens (tertiary/aromatic N) is 4. The zero-order valence-electron chi connectivity index (χ0n) is 15.1. The molecule has 0 bridgehead atoms. The minimum absolute atomic E-state index is 0.0807. The molecule has 27 heavy (non-hydrogen) atoms. The molecular formula is C20H21N5OS. The fourth-order valence-corrected chi connectivity index (χ4v) is 3.30. The Balaban J connectivity index is 1.67. The van der Waals surface area contributed by atoms with Crippen molar-refractivity contribution in [1.29, 1.82) is 0 Å². The number of nitrogens with one attached hydrogen (secondary N) is 1. The van der Waals surface area contributed by atoms with Gasteiger partial charge in [-0.2, -0.15) is 0 Å². The molecule has 6 nitrogen and oxygen atoms in total. The number of hydrogen-bond donors (Lipinski definition) is 1. The molecule has 2 heterocycles. The monoisotopic (exact) mass is 379 g/mol. The number of aromatic nitrogens is 4. The highest BCUT2D eigenvalue weighted by Gasteiger charge is 2.15. The summed E-state index contributed by atoms with van der Waals surface area (Å²) in [6.07, 6.45) is 6.19. The Morgan fingerprint density at radius 2 is 1.93 bits per heavy atom. The third-order valence-electron chi connectivity index (χ3n) is 3.95. The van der Waals surface area contributed by atoms with E-state index in [2.05, 4.69) is 34.0 Å². The Morgan fingerprint density at radius 1 is 1.19 bits per heavy atom. The molecule has 0 saturated carbocycles. The smallest absolute Gasteiger partial charge is 0.234 e. The molecule has 0 aliphatic heterocycles. The van der Waals surface area contributed by atoms with Gasteiger partial charge in [-0.15, -0.1) is 16.8 Å². The van der Waals surface area contributed by atoms with Crippen molar-refractivity contribution in [3.05, 3.63) is 67.0 Å². The predicted octanol–water partition coefficient (Wildman–Crippen LogP) is 3.82. The molecule has 0 radical (unpaired) electrons. The first-order valence-corrected chi connectivity index (χ1v) is 9.66. The average Bonchev–Trinajstić information content (AvgIpc) is 3.10. The van der Waals surface area contributed by atoms with Crippen LogP contribution in [0.15, 0.2) is 66.6 Å². The second kappa shape index (κ2) is 9.14. The van der Waals surface area contributed by atoms with Crippen molar-refractivity contribution in [2.45, 2.75) is 25.0 Å². The van der Waals surface area contributed by atoms with Gasteiger partial charge in [0.25, 0.3) is 0 Å². The van der Waals surface area contributed by atoms with Crippen molar-refractivity contribution in [3.8, 4) is 11.4 Å². The van der Waals surface area contributed by atoms with E-state index in [1.54, 1.807) is 18.5 Å². The van der Waals surface area contributed by atoms with Gasteiger partial charge in [-0.3, -0.25) is 14.3 Å². The Kier molecular flexibility index (Phi) is 6.38. The highest BCUT2D eigenvalue weighted by Crippen LogP contribution is 2.24. The maximum atomic E-state index is 12.3. The van der Waals surface area contributed by atoms with Gasteiger partial charge in [-0.25, -0.2) is 0 Å². The zero-order valence-corrected chi connectivity index (χ0v) is 15.9. The van der Waals surface area contributed by atoms with Crippen LogP contribution in [0.2, 0.25) is 0 Å². The van der Waals surface area contributed by atoms with Crippen molar-refractivity contribution >= 4 is 23.4 Å². The number of aryl methyl sites for hydroxylation is 1. The molecular weight excluding hydrogens is 358 g/mol. The number of carbonyl (C=O) groups is 1. The maximum absolute atomic E-state index is 12.3. The summed E-state index contributed by atoms with van der Waals surface area (Å²) in [5.74, 6) is 0.902. The lowest BCUT2D eigenvalue weighted by Crippen LogP contribution is -2.14. The number of thioether (sulfide) groups is 1. The van der Waals surface area contributed by atoms with E-state index in [9.17, 15) is 4.79 Å². The van der Waals surface area contributed by atoms with Crippen LogP contribution in [0.25, 0.3) is 11.4 Å². The van der Waals surface area contributed by atoms with Gasteiger partial charge < -0.3 is 5.32 Å². The summed E-state index contributed by atoms with van der Waals surface area (Å²) < 4.78 is 1.94. The number of anilines is 1. The fraction of sp³-hybridized carbons (Fsp3) is 0.200. The van der Waals surface area contributed by atoms with Crippen LogP contribution in [-0.2, 0) is 17.8 Å². The molecule has 0 atom stereocenters. The molecule has 1 aromatic carbocycles. The Bertz CT molecular complexity index is 906. The first-order valence-electron chi connectivity index (χ1n) is 8.67. The Labute approximate surface area is 162 Å². The highest BCUT2D eigenvalue weighted by atomic mass is 32.2. The van der Waals surface area contributed by atoms with E-state index in [1.165, 1.54) is 17.3 Å². The Morgan fingerprint density at radius 3 is 2.59 bits per heavy atom. The van der Waals surface area contributed by atoms with Crippen LogP contribution >= 0.6 is 11.8 Å². The molecule has 0 aliphatic carbocycles. The molecule has 1 N–H and O–H groups in total. The predicted molar refractivity (Wildman–Crippen MR) is 109 cm³/mol. The molecule has 2 aromatic heterocycles. The summed E-state index contributed by atoms with van der Waals surface area (Å²) in [6, 6.07) is 11.6. The van der Waals surface area contributed by atoms with Crippen LogP contribution in [0.1, 0.15) is 12.5 Å². The van der Waals surface area contributed by atoms with Crippen LogP contribution in [0.3, 0.4) is 0 Å². The number of allylic oxidation sites excluding steroid dienone is 1. The lowest BCUT2D eigenvalue weighted by atomic mass is 10.1. The van der Waals surface area contributed by atoms with Gasteiger partial charge in [-0.05, 0) is 36.2 Å². The molecule has 0 fully saturated rings. The van der Waals surface area contributed by atoms with Crippen LogP contribution in [0.4, 0.5) is 5.69 Å². The SMILES string of the molecule is C=CCn1c(SCC(=O)Nc2ccc(CC)cc2)nnc1-c1ccncc1. The van der Waals surface area contributed by atoms with Gasteiger partial charge >= 0.3 is 0 Å². The van der Waals surface area contributed by atoms with Gasteiger partial charge in [0.05, 0.1) is 5.75 Å². The first-order chi connectivity index (χ1) is 13.2. The van der Waals surface area contributed by atoms with E-state index < -0.39 is 0 Å². The quantitative estimate of drug-likeness (QED) is 0.476. The normalized spacial score (nSPS) is 10.6. The summed E-state index contributed by atoms with van der Waals surface area (Å²) >= 11 is 1.35. The largest absolute Gasteiger partial charge is 0.325 e. The first kappa shape index (κ1) is 18.8. The maximum Gasteiger partial charge on any atom is 0.234 e. The number of benzene rings is 1. The second-order valence-corrected chi connectivity index (χ2v) is 6.77. The lowest BCUT2D eigenvalue weighted by Gasteiger charge is -2.08. The molecule has 1 amide bonds. The molecule has 0 aliphatic rings. The molecule has 3 rings (SSSR count). The Hall–Kier alpha value is -2.93. The van der Waals surface area contributed by atoms with Gasteiger partial charge in [-0.1, -0.05) is 36.9 Å². The van der Waals surface area contributed by atoms with E-state index in [4.69, 9.17) is 0 Å². The zero-order chi connectivity index (χ0) is 19.1. The van der Waals surface area contributed by atoms with E-state index in [0.717, 1.165) is 23.5 Å². The van der Waals surface area contributed by atoms with E-state index in [0.29, 0.717) is 11.7 Å². The summed E-state index contributed by atoms with van der Waals surface area (Å²) in [6.45, 7) is 6.46. The van der Waals surface area contributed by atoms with E-state index in [1.807, 2.05) is 41.0 Å². The number of carbonyl (C=O) groups excluding carboxylic acids is 1. The molecule has 7 heteroatoms. The standard InChI is InChI=1S/C20H21N5OS/c1-3-13-25-19(16-9-11-21-12-10-16)23-24-20(25)27-14-18(26)22-17-7-5-15(4-2)6-8-17/h3,5-12H,1,4,13-14H2,2H3,(H,22,26). The van der Waals surface area contributed by atoms with Crippen molar-refractivity contribution in [1.82, 2.24) is 19.7 Å². The van der Waals surface area contributed by atoms with Gasteiger partial charge in [0.2, 0.25) is 5.91 Å². The fourth-order valence-electron chi connectivity index (χ4n) is 2.55. The van der Waals surface area contributed by atoms with Gasteiger partial charge in [0.1, 0.15) is 0 Å². The van der Waals surface area contributed by atoms with Gasteiger partial charge in [0, 0.05) is 30.2 Å². The number of hydrogen-bond acceptors (Lipinski definition) is 5. The van der Waals surface area contributed by atoms with Crippen LogP contribution < -0.4 is 5.32 Å². The number of amides is 1.